The molecule has 5 fully saturated rings. The second-order valence-electron chi connectivity index (χ2n) is 18.2. The molecule has 324 valence electrons. The molecule has 16 heteroatoms. The Morgan fingerprint density at radius 1 is 0.746 bits per heavy atom. The SMILES string of the molecule is Nc1nnc(-c2ccccc2O)cc1N1CCC(C(=O)N2CC3(CN(C(=O)CC4CCN(c5ccc6c(c5)C(=O)N(C5CCC(=O)NC5=O)C6=O)CC4)C3)C2)(c2ccccc2)CC1. The smallest absolute Gasteiger partial charge is 0.262 e. The highest BCUT2D eigenvalue weighted by Gasteiger charge is 2.58. The maximum atomic E-state index is 14.6. The number of nitrogen functional groups attached to an aromatic ring is 1. The van der Waals surface area contributed by atoms with Crippen LogP contribution in [0.3, 0.4) is 0 Å². The highest BCUT2D eigenvalue weighted by atomic mass is 16.3. The van der Waals surface area contributed by atoms with Gasteiger partial charge in [0.15, 0.2) is 5.82 Å². The number of phenols is 1. The summed E-state index contributed by atoms with van der Waals surface area (Å²) in [6, 6.07) is 23.0. The molecular formula is C47H49N9O7. The summed E-state index contributed by atoms with van der Waals surface area (Å²) in [6.07, 6.45) is 3.42. The Bertz CT molecular complexity index is 2540. The van der Waals surface area contributed by atoms with Crippen LogP contribution in [0.1, 0.15) is 71.2 Å². The summed E-state index contributed by atoms with van der Waals surface area (Å²) in [4.78, 5) is 88.0. The number of benzene rings is 3. The molecule has 0 radical (unpaired) electrons. The van der Waals surface area contributed by atoms with Gasteiger partial charge in [-0.1, -0.05) is 42.5 Å². The van der Waals surface area contributed by atoms with E-state index in [0.29, 0.717) is 88.7 Å². The lowest BCUT2D eigenvalue weighted by Gasteiger charge is -2.61. The number of hydrogen-bond donors (Lipinski definition) is 3. The van der Waals surface area contributed by atoms with E-state index in [-0.39, 0.29) is 52.9 Å². The van der Waals surface area contributed by atoms with E-state index in [1.807, 2.05) is 58.3 Å². The summed E-state index contributed by atoms with van der Waals surface area (Å²) in [7, 11) is 0. The average molecular weight is 852 g/mol. The van der Waals surface area contributed by atoms with Gasteiger partial charge in [-0.2, -0.15) is 0 Å². The molecule has 1 unspecified atom stereocenters. The third-order valence-electron chi connectivity index (χ3n) is 14.3. The van der Waals surface area contributed by atoms with Crippen LogP contribution < -0.4 is 20.9 Å². The van der Waals surface area contributed by atoms with Gasteiger partial charge in [0.1, 0.15) is 11.8 Å². The van der Waals surface area contributed by atoms with Crippen molar-refractivity contribution in [3.8, 4) is 17.0 Å². The summed E-state index contributed by atoms with van der Waals surface area (Å²) in [5, 5.41) is 21.1. The Hall–Kier alpha value is -6.84. The maximum Gasteiger partial charge on any atom is 0.262 e. The molecule has 6 aliphatic rings. The number of aromatic hydroxyl groups is 1. The normalized spacial score (nSPS) is 21.8. The third kappa shape index (κ3) is 7.01. The van der Waals surface area contributed by atoms with Gasteiger partial charge in [-0.15, -0.1) is 10.2 Å². The molecule has 4 N–H and O–H groups in total. The molecule has 1 atom stereocenters. The first-order chi connectivity index (χ1) is 30.4. The summed E-state index contributed by atoms with van der Waals surface area (Å²) in [5.41, 5.74) is 9.70. The summed E-state index contributed by atoms with van der Waals surface area (Å²) in [6.45, 7) is 5.09. The second kappa shape index (κ2) is 15.5. The van der Waals surface area contributed by atoms with E-state index in [0.717, 1.165) is 34.7 Å². The van der Waals surface area contributed by atoms with Gasteiger partial charge in [-0.05, 0) is 80.0 Å². The Labute approximate surface area is 364 Å². The number of phenolic OH excluding ortho intramolecular Hbond substituents is 1. The predicted octanol–water partition coefficient (Wildman–Crippen LogP) is 3.35. The van der Waals surface area contributed by atoms with Crippen molar-refractivity contribution in [2.45, 2.75) is 56.4 Å². The van der Waals surface area contributed by atoms with Crippen molar-refractivity contribution in [2.24, 2.45) is 11.3 Å². The topological polar surface area (TPSA) is 203 Å². The van der Waals surface area contributed by atoms with Crippen LogP contribution in [0.15, 0.2) is 78.9 Å². The number of piperidine rings is 3. The van der Waals surface area contributed by atoms with Crippen molar-refractivity contribution in [1.82, 2.24) is 30.2 Å². The molecule has 0 saturated carbocycles. The van der Waals surface area contributed by atoms with Crippen LogP contribution >= 0.6 is 0 Å². The first-order valence-corrected chi connectivity index (χ1v) is 21.8. The number of rotatable bonds is 8. The Balaban J connectivity index is 0.721. The van der Waals surface area contributed by atoms with Crippen molar-refractivity contribution < 1.29 is 33.9 Å². The van der Waals surface area contributed by atoms with Gasteiger partial charge >= 0.3 is 0 Å². The van der Waals surface area contributed by atoms with Crippen LogP contribution in [0.4, 0.5) is 17.2 Å². The molecule has 0 aliphatic carbocycles. The van der Waals surface area contributed by atoms with Crippen LogP contribution in [0.25, 0.3) is 11.3 Å². The summed E-state index contributed by atoms with van der Waals surface area (Å²) in [5.74, 6) is -1.21. The number of aromatic nitrogens is 2. The van der Waals surface area contributed by atoms with Gasteiger partial charge in [0, 0.05) is 81.9 Å². The van der Waals surface area contributed by atoms with E-state index < -0.39 is 35.1 Å². The first kappa shape index (κ1) is 40.2. The number of amides is 6. The lowest BCUT2D eigenvalue weighted by atomic mass is 9.67. The van der Waals surface area contributed by atoms with Crippen LogP contribution in [0.5, 0.6) is 5.75 Å². The van der Waals surface area contributed by atoms with E-state index in [2.05, 4.69) is 25.3 Å². The zero-order valence-corrected chi connectivity index (χ0v) is 34.9. The van der Waals surface area contributed by atoms with Gasteiger partial charge in [0.25, 0.3) is 11.8 Å². The number of carbonyl (C=O) groups excluding carboxylic acids is 6. The molecular weight excluding hydrogens is 803 g/mol. The zero-order valence-electron chi connectivity index (χ0n) is 34.9. The number of para-hydroxylation sites is 1. The Morgan fingerprint density at radius 3 is 2.14 bits per heavy atom. The number of hydrogen-bond acceptors (Lipinski definition) is 12. The highest BCUT2D eigenvalue weighted by Crippen LogP contribution is 2.46. The lowest BCUT2D eigenvalue weighted by molar-refractivity contribution is -0.173. The first-order valence-electron chi connectivity index (χ1n) is 21.8. The van der Waals surface area contributed by atoms with E-state index in [1.165, 1.54) is 0 Å². The minimum absolute atomic E-state index is 0.0665. The predicted molar refractivity (Wildman–Crippen MR) is 231 cm³/mol. The number of fused-ring (bicyclic) bond motifs is 1. The quantitative estimate of drug-likeness (QED) is 0.219. The fourth-order valence-electron chi connectivity index (χ4n) is 10.8. The Kier molecular flexibility index (Phi) is 9.90. The molecule has 6 aliphatic heterocycles. The minimum Gasteiger partial charge on any atom is -0.507 e. The van der Waals surface area contributed by atoms with E-state index in [1.54, 1.807) is 30.3 Å². The number of nitrogens with two attached hydrogens (primary N) is 1. The van der Waals surface area contributed by atoms with Crippen LogP contribution in [-0.4, -0.2) is 124 Å². The van der Waals surface area contributed by atoms with E-state index in [4.69, 9.17) is 5.73 Å². The highest BCUT2D eigenvalue weighted by molar-refractivity contribution is 6.23. The molecule has 16 nitrogen and oxygen atoms in total. The van der Waals surface area contributed by atoms with Gasteiger partial charge in [-0.3, -0.25) is 39.0 Å². The van der Waals surface area contributed by atoms with Crippen LogP contribution in [0.2, 0.25) is 0 Å². The molecule has 3 aromatic carbocycles. The molecule has 1 aromatic heterocycles. The molecule has 4 aromatic rings. The van der Waals surface area contributed by atoms with Crippen LogP contribution in [-0.2, 0) is 24.6 Å². The van der Waals surface area contributed by atoms with Crippen LogP contribution in [0, 0.1) is 11.3 Å². The van der Waals surface area contributed by atoms with Crippen molar-refractivity contribution >= 4 is 52.6 Å². The maximum absolute atomic E-state index is 14.6. The largest absolute Gasteiger partial charge is 0.507 e. The third-order valence-corrected chi connectivity index (χ3v) is 14.3. The van der Waals surface area contributed by atoms with E-state index >= 15 is 0 Å². The van der Waals surface area contributed by atoms with Crippen molar-refractivity contribution in [3.63, 3.8) is 0 Å². The minimum atomic E-state index is -1.01. The number of likely N-dealkylation sites (tertiary alicyclic amines) is 2. The van der Waals surface area contributed by atoms with Gasteiger partial charge < -0.3 is 30.4 Å². The standard InChI is InChI=1S/C47H49N9O7/c48-41-37(24-35(50-51-41)33-8-4-5-9-38(33)57)53-20-16-47(17-21-53,30-6-2-1-3-7-30)45(63)55-27-46(28-55)25-54(26-46)40(59)22-29-14-18-52(19-15-29)31-10-11-32-34(23-31)44(62)56(43(32)61)36-12-13-39(58)49-42(36)60/h1-11,23-24,29,36,57H,12-22,25-28H2,(H2,48,51)(H,49,58,60). The fraction of sp³-hybridized carbons (Fsp3) is 0.404. The zero-order chi connectivity index (χ0) is 43.6. The van der Waals surface area contributed by atoms with Gasteiger partial charge in [0.05, 0.1) is 27.9 Å². The summed E-state index contributed by atoms with van der Waals surface area (Å²) < 4.78 is 0. The lowest BCUT2D eigenvalue weighted by Crippen LogP contribution is -2.75. The molecule has 6 amide bonds. The molecule has 0 bridgehead atoms. The van der Waals surface area contributed by atoms with Crippen molar-refractivity contribution in [2.75, 3.05) is 67.9 Å². The summed E-state index contributed by atoms with van der Waals surface area (Å²) >= 11 is 0. The molecule has 1 spiro atoms. The van der Waals surface area contributed by atoms with Gasteiger partial charge in [0.2, 0.25) is 23.6 Å². The number of carbonyl (C=O) groups is 6. The molecule has 63 heavy (non-hydrogen) atoms. The Morgan fingerprint density at radius 2 is 1.43 bits per heavy atom. The number of nitrogens with zero attached hydrogens (tertiary/aromatic N) is 7. The van der Waals surface area contributed by atoms with Crippen molar-refractivity contribution in [1.29, 1.82) is 0 Å². The second-order valence-corrected chi connectivity index (χ2v) is 18.2. The monoisotopic (exact) mass is 851 g/mol. The van der Waals surface area contributed by atoms with E-state index in [9.17, 15) is 33.9 Å². The molecule has 5 saturated heterocycles. The number of anilines is 3. The molecule has 7 heterocycles. The number of imide groups is 2. The molecule has 10 rings (SSSR count). The van der Waals surface area contributed by atoms with Crippen molar-refractivity contribution in [3.05, 3.63) is 95.6 Å². The number of nitrogens with one attached hydrogen (secondary N) is 1. The fourth-order valence-corrected chi connectivity index (χ4v) is 10.8. The van der Waals surface area contributed by atoms with Gasteiger partial charge in [-0.25, -0.2) is 0 Å². The average Bonchev–Trinajstić information content (AvgIpc) is 3.51.